The first-order chi connectivity index (χ1) is 8.99. The van der Waals surface area contributed by atoms with Crippen LogP contribution in [0.4, 0.5) is 24.8 Å². The molecule has 19 heavy (non-hydrogen) atoms. The maximum Gasteiger partial charge on any atom is 0.416 e. The quantitative estimate of drug-likeness (QED) is 0.891. The Kier molecular flexibility index (Phi) is 4.44. The van der Waals surface area contributed by atoms with Gasteiger partial charge in [0, 0.05) is 18.3 Å². The molecule has 1 aromatic heterocycles. The van der Waals surface area contributed by atoms with E-state index in [-0.39, 0.29) is 11.9 Å². The van der Waals surface area contributed by atoms with Crippen LogP contribution in [-0.4, -0.2) is 29.1 Å². The molecule has 0 radical (unpaired) electrons. The molecule has 0 bridgehead atoms. The predicted molar refractivity (Wildman–Crippen MR) is 72.8 cm³/mol. The minimum Gasteiger partial charge on any atom is -0.370 e. The number of nitrogens with zero attached hydrogens (tertiary/aromatic N) is 1. The molecule has 0 amide bonds. The Bertz CT molecular complexity index is 431. The van der Waals surface area contributed by atoms with Crippen molar-refractivity contribution >= 4 is 23.4 Å². The molecule has 0 aliphatic carbocycles. The van der Waals surface area contributed by atoms with E-state index < -0.39 is 11.7 Å². The van der Waals surface area contributed by atoms with Crippen LogP contribution in [-0.2, 0) is 6.18 Å². The molecule has 0 saturated carbocycles. The van der Waals surface area contributed by atoms with Crippen LogP contribution in [0.2, 0.25) is 0 Å². The highest BCUT2D eigenvalue weighted by molar-refractivity contribution is 7.99. The molecular formula is C12H16F3N3S. The lowest BCUT2D eigenvalue weighted by Crippen LogP contribution is -2.20. The van der Waals surface area contributed by atoms with Gasteiger partial charge in [-0.05, 0) is 31.2 Å². The number of anilines is 2. The SMILES string of the molecule is CCNc1cc(C(F)(F)F)cc(NC2CCSC2)n1. The molecule has 1 aromatic rings. The minimum absolute atomic E-state index is 0.204. The Hall–Kier alpha value is -1.11. The second-order valence-electron chi connectivity index (χ2n) is 4.36. The van der Waals surface area contributed by atoms with Gasteiger partial charge in [0.2, 0.25) is 0 Å². The van der Waals surface area contributed by atoms with E-state index in [0.717, 1.165) is 30.1 Å². The number of thioether (sulfide) groups is 1. The second-order valence-corrected chi connectivity index (χ2v) is 5.51. The number of nitrogens with one attached hydrogen (secondary N) is 2. The molecule has 106 valence electrons. The zero-order valence-electron chi connectivity index (χ0n) is 10.5. The number of aromatic nitrogens is 1. The normalized spacial score (nSPS) is 19.5. The molecule has 7 heteroatoms. The van der Waals surface area contributed by atoms with E-state index in [1.54, 1.807) is 11.8 Å². The molecule has 1 unspecified atom stereocenters. The van der Waals surface area contributed by atoms with E-state index in [1.807, 2.05) is 6.92 Å². The summed E-state index contributed by atoms with van der Waals surface area (Å²) < 4.78 is 38.4. The topological polar surface area (TPSA) is 37.0 Å². The van der Waals surface area contributed by atoms with Crippen molar-refractivity contribution in [2.75, 3.05) is 28.7 Å². The second kappa shape index (κ2) is 5.90. The number of alkyl halides is 3. The van der Waals surface area contributed by atoms with Crippen molar-refractivity contribution in [2.45, 2.75) is 25.6 Å². The van der Waals surface area contributed by atoms with Crippen LogP contribution in [0.5, 0.6) is 0 Å². The van der Waals surface area contributed by atoms with Crippen molar-refractivity contribution < 1.29 is 13.2 Å². The fourth-order valence-corrected chi connectivity index (χ4v) is 3.05. The first-order valence-corrected chi connectivity index (χ1v) is 7.32. The standard InChI is InChI=1S/C12H16F3N3S/c1-2-16-10-5-8(12(13,14)15)6-11(18-10)17-9-3-4-19-7-9/h5-6,9H,2-4,7H2,1H3,(H2,16,17,18). The predicted octanol–water partition coefficient (Wildman–Crippen LogP) is 3.45. The minimum atomic E-state index is -4.35. The third-order valence-corrected chi connectivity index (χ3v) is 3.95. The lowest BCUT2D eigenvalue weighted by atomic mass is 10.2. The Labute approximate surface area is 114 Å². The Morgan fingerprint density at radius 1 is 1.37 bits per heavy atom. The lowest BCUT2D eigenvalue weighted by molar-refractivity contribution is -0.137. The monoisotopic (exact) mass is 291 g/mol. The van der Waals surface area contributed by atoms with Crippen LogP contribution in [0, 0.1) is 0 Å². The smallest absolute Gasteiger partial charge is 0.370 e. The molecule has 1 atom stereocenters. The first kappa shape index (κ1) is 14.3. The van der Waals surface area contributed by atoms with Gasteiger partial charge in [-0.2, -0.15) is 24.9 Å². The van der Waals surface area contributed by atoms with Gasteiger partial charge in [0.05, 0.1) is 5.56 Å². The van der Waals surface area contributed by atoms with Crippen LogP contribution in [0.15, 0.2) is 12.1 Å². The Morgan fingerprint density at radius 2 is 2.11 bits per heavy atom. The van der Waals surface area contributed by atoms with Crippen molar-refractivity contribution in [3.8, 4) is 0 Å². The van der Waals surface area contributed by atoms with E-state index in [2.05, 4.69) is 15.6 Å². The number of halogens is 3. The van der Waals surface area contributed by atoms with E-state index in [4.69, 9.17) is 0 Å². The highest BCUT2D eigenvalue weighted by Gasteiger charge is 2.32. The molecule has 1 aliphatic rings. The van der Waals surface area contributed by atoms with Crippen LogP contribution < -0.4 is 10.6 Å². The van der Waals surface area contributed by atoms with Crippen LogP contribution >= 0.6 is 11.8 Å². The van der Waals surface area contributed by atoms with Gasteiger partial charge < -0.3 is 10.6 Å². The number of pyridine rings is 1. The van der Waals surface area contributed by atoms with Crippen molar-refractivity contribution in [1.82, 2.24) is 4.98 Å². The van der Waals surface area contributed by atoms with Crippen LogP contribution in [0.1, 0.15) is 18.9 Å². The average molecular weight is 291 g/mol. The fraction of sp³-hybridized carbons (Fsp3) is 0.583. The number of rotatable bonds is 4. The third-order valence-electron chi connectivity index (χ3n) is 2.79. The molecule has 0 aromatic carbocycles. The van der Waals surface area contributed by atoms with E-state index in [1.165, 1.54) is 0 Å². The highest BCUT2D eigenvalue weighted by atomic mass is 32.2. The third kappa shape index (κ3) is 3.92. The lowest BCUT2D eigenvalue weighted by Gasteiger charge is -2.16. The Balaban J connectivity index is 2.22. The Morgan fingerprint density at radius 3 is 2.68 bits per heavy atom. The molecule has 2 N–H and O–H groups in total. The summed E-state index contributed by atoms with van der Waals surface area (Å²) >= 11 is 1.80. The summed E-state index contributed by atoms with van der Waals surface area (Å²) in [7, 11) is 0. The number of hydrogen-bond acceptors (Lipinski definition) is 4. The summed E-state index contributed by atoms with van der Waals surface area (Å²) in [5.41, 5.74) is -0.674. The molecule has 3 nitrogen and oxygen atoms in total. The van der Waals surface area contributed by atoms with Gasteiger partial charge >= 0.3 is 6.18 Å². The number of hydrogen-bond donors (Lipinski definition) is 2. The fourth-order valence-electron chi connectivity index (χ4n) is 1.90. The van der Waals surface area contributed by atoms with E-state index in [0.29, 0.717) is 12.4 Å². The molecule has 1 fully saturated rings. The van der Waals surface area contributed by atoms with Crippen molar-refractivity contribution in [2.24, 2.45) is 0 Å². The summed E-state index contributed by atoms with van der Waals surface area (Å²) in [6, 6.07) is 2.32. The summed E-state index contributed by atoms with van der Waals surface area (Å²) in [5.74, 6) is 2.49. The van der Waals surface area contributed by atoms with Gasteiger partial charge in [0.25, 0.3) is 0 Å². The maximum atomic E-state index is 12.8. The summed E-state index contributed by atoms with van der Waals surface area (Å²) in [4.78, 5) is 4.17. The highest BCUT2D eigenvalue weighted by Crippen LogP contribution is 2.32. The molecule has 1 saturated heterocycles. The van der Waals surface area contributed by atoms with Crippen LogP contribution in [0.3, 0.4) is 0 Å². The van der Waals surface area contributed by atoms with Gasteiger partial charge in [-0.1, -0.05) is 0 Å². The van der Waals surface area contributed by atoms with Crippen molar-refractivity contribution in [3.63, 3.8) is 0 Å². The van der Waals surface area contributed by atoms with E-state index >= 15 is 0 Å². The summed E-state index contributed by atoms with van der Waals surface area (Å²) in [5, 5.41) is 5.91. The summed E-state index contributed by atoms with van der Waals surface area (Å²) in [6.07, 6.45) is -3.40. The van der Waals surface area contributed by atoms with Crippen molar-refractivity contribution in [3.05, 3.63) is 17.7 Å². The van der Waals surface area contributed by atoms with Gasteiger partial charge in [-0.25, -0.2) is 4.98 Å². The summed E-state index contributed by atoms with van der Waals surface area (Å²) in [6.45, 7) is 2.36. The largest absolute Gasteiger partial charge is 0.416 e. The molecule has 1 aliphatic heterocycles. The van der Waals surface area contributed by atoms with Gasteiger partial charge in [0.15, 0.2) is 0 Å². The zero-order chi connectivity index (χ0) is 13.9. The van der Waals surface area contributed by atoms with Gasteiger partial charge in [0.1, 0.15) is 11.6 Å². The average Bonchev–Trinajstić information content (AvgIpc) is 2.81. The zero-order valence-corrected chi connectivity index (χ0v) is 11.4. The molecule has 2 rings (SSSR count). The first-order valence-electron chi connectivity index (χ1n) is 6.16. The van der Waals surface area contributed by atoms with Gasteiger partial charge in [-0.15, -0.1) is 0 Å². The molecule has 0 spiro atoms. The molecule has 2 heterocycles. The maximum absolute atomic E-state index is 12.8. The molecular weight excluding hydrogens is 275 g/mol. The van der Waals surface area contributed by atoms with Crippen molar-refractivity contribution in [1.29, 1.82) is 0 Å². The van der Waals surface area contributed by atoms with Crippen LogP contribution in [0.25, 0.3) is 0 Å². The van der Waals surface area contributed by atoms with Gasteiger partial charge in [-0.3, -0.25) is 0 Å². The van der Waals surface area contributed by atoms with E-state index in [9.17, 15) is 13.2 Å².